The Balaban J connectivity index is 2.22. The molecule has 2 rings (SSSR count). The summed E-state index contributed by atoms with van der Waals surface area (Å²) in [6.45, 7) is 2.32. The molecule has 6 nitrogen and oxygen atoms in total. The molecule has 1 heterocycles. The maximum Gasteiger partial charge on any atom is 0.261 e. The zero-order valence-electron chi connectivity index (χ0n) is 12.4. The fraction of sp³-hybridized carbons (Fsp3) is 0.400. The van der Waals surface area contributed by atoms with Gasteiger partial charge >= 0.3 is 0 Å². The lowest BCUT2D eigenvalue weighted by Gasteiger charge is -2.24. The number of carbonyl (C=O) groups is 1. The van der Waals surface area contributed by atoms with Crippen LogP contribution in [0.1, 0.15) is 6.92 Å². The summed E-state index contributed by atoms with van der Waals surface area (Å²) in [5.41, 5.74) is 0.425. The molecule has 1 atom stereocenters. The minimum atomic E-state index is -0.207. The van der Waals surface area contributed by atoms with Gasteiger partial charge in [0.2, 0.25) is 5.91 Å². The van der Waals surface area contributed by atoms with Crippen molar-refractivity contribution in [2.75, 3.05) is 20.8 Å². The topological polar surface area (TPSA) is 64.4 Å². The zero-order valence-corrected chi connectivity index (χ0v) is 12.4. The Bertz CT molecular complexity index is 696. The molecule has 0 saturated heterocycles. The van der Waals surface area contributed by atoms with Gasteiger partial charge in [0.15, 0.2) is 0 Å². The summed E-state index contributed by atoms with van der Waals surface area (Å²) in [6.07, 6.45) is 1.41. The number of benzene rings is 1. The van der Waals surface area contributed by atoms with E-state index in [1.165, 1.54) is 10.9 Å². The summed E-state index contributed by atoms with van der Waals surface area (Å²) >= 11 is 0. The highest BCUT2D eigenvalue weighted by molar-refractivity contribution is 5.79. The van der Waals surface area contributed by atoms with E-state index < -0.39 is 0 Å². The van der Waals surface area contributed by atoms with Gasteiger partial charge in [-0.25, -0.2) is 4.98 Å². The number of hydrogen-bond donors (Lipinski definition) is 0. The van der Waals surface area contributed by atoms with Crippen LogP contribution >= 0.6 is 0 Å². The van der Waals surface area contributed by atoms with E-state index in [1.807, 2.05) is 13.0 Å². The van der Waals surface area contributed by atoms with Crippen molar-refractivity contribution in [3.63, 3.8) is 0 Å². The normalized spacial score (nSPS) is 12.3. The Labute approximate surface area is 123 Å². The molecule has 0 spiro atoms. The Morgan fingerprint density at radius 1 is 1.43 bits per heavy atom. The third-order valence-electron chi connectivity index (χ3n) is 3.50. The van der Waals surface area contributed by atoms with Crippen LogP contribution in [0.2, 0.25) is 0 Å². The van der Waals surface area contributed by atoms with Crippen molar-refractivity contribution in [3.05, 3.63) is 40.9 Å². The molecule has 0 bridgehead atoms. The lowest BCUT2D eigenvalue weighted by Crippen LogP contribution is -2.41. The van der Waals surface area contributed by atoms with Crippen LogP contribution in [0.3, 0.4) is 0 Å². The van der Waals surface area contributed by atoms with Gasteiger partial charge in [0.1, 0.15) is 6.54 Å². The number of ether oxygens (including phenoxy) is 1. The number of methoxy groups -OCH3 is 1. The number of fused-ring (bicyclic) bond motifs is 1. The molecule has 6 heteroatoms. The van der Waals surface area contributed by atoms with Crippen molar-refractivity contribution < 1.29 is 9.53 Å². The number of aromatic nitrogens is 2. The van der Waals surface area contributed by atoms with E-state index in [9.17, 15) is 9.59 Å². The predicted octanol–water partition coefficient (Wildman–Crippen LogP) is 0.890. The number of carbonyl (C=O) groups excluding carboxylic acids is 1. The minimum absolute atomic E-state index is 0.0266. The standard InChI is InChI=1S/C15H19N3O3/c1-11(9-21-3)17(2)14(19)8-18-10-16-13-7-5-4-6-12(13)15(18)20/h4-7,10-11H,8-9H2,1-3H3/t11-/m0/s1. The highest BCUT2D eigenvalue weighted by Crippen LogP contribution is 2.05. The van der Waals surface area contributed by atoms with Crippen molar-refractivity contribution in [3.8, 4) is 0 Å². The molecule has 112 valence electrons. The first-order chi connectivity index (χ1) is 10.0. The van der Waals surface area contributed by atoms with E-state index in [-0.39, 0.29) is 24.1 Å². The first kappa shape index (κ1) is 15.2. The number of nitrogens with zero attached hydrogens (tertiary/aromatic N) is 3. The largest absolute Gasteiger partial charge is 0.383 e. The van der Waals surface area contributed by atoms with Gasteiger partial charge in [0, 0.05) is 14.2 Å². The molecule has 1 aromatic heterocycles. The van der Waals surface area contributed by atoms with E-state index in [2.05, 4.69) is 4.98 Å². The monoisotopic (exact) mass is 289 g/mol. The van der Waals surface area contributed by atoms with Crippen LogP contribution in [0.4, 0.5) is 0 Å². The second kappa shape index (κ2) is 6.49. The lowest BCUT2D eigenvalue weighted by atomic mass is 10.2. The number of rotatable bonds is 5. The van der Waals surface area contributed by atoms with Gasteiger partial charge in [-0.15, -0.1) is 0 Å². The summed E-state index contributed by atoms with van der Waals surface area (Å²) in [4.78, 5) is 30.3. The van der Waals surface area contributed by atoms with Gasteiger partial charge < -0.3 is 9.64 Å². The SMILES string of the molecule is COC[C@H](C)N(C)C(=O)Cn1cnc2ccccc2c1=O. The molecular formula is C15H19N3O3. The van der Waals surface area contributed by atoms with E-state index in [4.69, 9.17) is 4.74 Å². The van der Waals surface area contributed by atoms with Crippen LogP contribution in [0.5, 0.6) is 0 Å². The number of para-hydroxylation sites is 1. The smallest absolute Gasteiger partial charge is 0.261 e. The maximum atomic E-state index is 12.3. The summed E-state index contributed by atoms with van der Waals surface area (Å²) < 4.78 is 6.37. The molecule has 0 fully saturated rings. The van der Waals surface area contributed by atoms with Gasteiger partial charge in [0.25, 0.3) is 5.56 Å². The third-order valence-corrected chi connectivity index (χ3v) is 3.50. The summed E-state index contributed by atoms with van der Waals surface area (Å²) in [7, 11) is 3.29. The number of amides is 1. The Morgan fingerprint density at radius 3 is 2.86 bits per heavy atom. The first-order valence-corrected chi connectivity index (χ1v) is 6.73. The second-order valence-corrected chi connectivity index (χ2v) is 5.00. The molecule has 0 aliphatic heterocycles. The summed E-state index contributed by atoms with van der Waals surface area (Å²) in [6, 6.07) is 7.04. The second-order valence-electron chi connectivity index (χ2n) is 5.00. The summed E-state index contributed by atoms with van der Waals surface area (Å²) in [5.74, 6) is -0.154. The van der Waals surface area contributed by atoms with E-state index >= 15 is 0 Å². The van der Waals surface area contributed by atoms with Gasteiger partial charge in [-0.05, 0) is 19.1 Å². The molecule has 0 radical (unpaired) electrons. The molecule has 0 unspecified atom stereocenters. The van der Waals surface area contributed by atoms with Crippen LogP contribution in [0, 0.1) is 0 Å². The molecule has 0 N–H and O–H groups in total. The first-order valence-electron chi connectivity index (χ1n) is 6.73. The quantitative estimate of drug-likeness (QED) is 0.820. The fourth-order valence-electron chi connectivity index (χ4n) is 2.07. The predicted molar refractivity (Wildman–Crippen MR) is 80.1 cm³/mol. The Kier molecular flexibility index (Phi) is 4.70. The highest BCUT2D eigenvalue weighted by atomic mass is 16.5. The van der Waals surface area contributed by atoms with Crippen molar-refractivity contribution >= 4 is 16.8 Å². The molecule has 1 amide bonds. The lowest BCUT2D eigenvalue weighted by molar-refractivity contribution is -0.133. The van der Waals surface area contributed by atoms with Crippen molar-refractivity contribution in [1.29, 1.82) is 0 Å². The fourth-order valence-corrected chi connectivity index (χ4v) is 2.07. The molecule has 2 aromatic rings. The Morgan fingerprint density at radius 2 is 2.14 bits per heavy atom. The molecule has 0 aliphatic rings. The number of likely N-dealkylation sites (N-methyl/N-ethyl adjacent to an activating group) is 1. The molecule has 21 heavy (non-hydrogen) atoms. The van der Waals surface area contributed by atoms with E-state index in [0.717, 1.165) is 0 Å². The molecule has 0 aliphatic carbocycles. The molecule has 0 saturated carbocycles. The maximum absolute atomic E-state index is 12.3. The van der Waals surface area contributed by atoms with Crippen LogP contribution in [0.25, 0.3) is 10.9 Å². The zero-order chi connectivity index (χ0) is 15.4. The molecular weight excluding hydrogens is 270 g/mol. The van der Waals surface area contributed by atoms with Crippen LogP contribution < -0.4 is 5.56 Å². The average molecular weight is 289 g/mol. The third kappa shape index (κ3) is 3.28. The van der Waals surface area contributed by atoms with Gasteiger partial charge in [-0.1, -0.05) is 12.1 Å². The average Bonchev–Trinajstić information content (AvgIpc) is 2.49. The molecule has 1 aromatic carbocycles. The van der Waals surface area contributed by atoms with Crippen LogP contribution in [0.15, 0.2) is 35.4 Å². The Hall–Kier alpha value is -2.21. The van der Waals surface area contributed by atoms with E-state index in [1.54, 1.807) is 37.3 Å². The van der Waals surface area contributed by atoms with Gasteiger partial charge in [0.05, 0.1) is 29.9 Å². The number of hydrogen-bond acceptors (Lipinski definition) is 4. The van der Waals surface area contributed by atoms with Crippen LogP contribution in [-0.2, 0) is 16.1 Å². The van der Waals surface area contributed by atoms with Crippen molar-refractivity contribution in [2.24, 2.45) is 0 Å². The van der Waals surface area contributed by atoms with E-state index in [0.29, 0.717) is 17.5 Å². The summed E-state index contributed by atoms with van der Waals surface area (Å²) in [5, 5.41) is 0.514. The van der Waals surface area contributed by atoms with Gasteiger partial charge in [-0.3, -0.25) is 14.2 Å². The van der Waals surface area contributed by atoms with Crippen molar-refractivity contribution in [2.45, 2.75) is 19.5 Å². The minimum Gasteiger partial charge on any atom is -0.383 e. The van der Waals surface area contributed by atoms with Gasteiger partial charge in [-0.2, -0.15) is 0 Å². The highest BCUT2D eigenvalue weighted by Gasteiger charge is 2.16. The van der Waals surface area contributed by atoms with Crippen LogP contribution in [-0.4, -0.2) is 47.2 Å². The van der Waals surface area contributed by atoms with Crippen molar-refractivity contribution in [1.82, 2.24) is 14.5 Å².